The second kappa shape index (κ2) is 6.00. The number of halogens is 2. The van der Waals surface area contributed by atoms with Gasteiger partial charge in [-0.2, -0.15) is 10.2 Å². The molecule has 2 heterocycles. The highest BCUT2D eigenvalue weighted by Crippen LogP contribution is 2.41. The van der Waals surface area contributed by atoms with Crippen LogP contribution in [-0.2, 0) is 6.42 Å². The van der Waals surface area contributed by atoms with Gasteiger partial charge in [0.2, 0.25) is 5.89 Å². The molecule has 6 nitrogen and oxygen atoms in total. The van der Waals surface area contributed by atoms with E-state index in [0.29, 0.717) is 17.8 Å². The Kier molecular flexibility index (Phi) is 4.01. The van der Waals surface area contributed by atoms with Crippen LogP contribution >= 0.6 is 0 Å². The predicted octanol–water partition coefficient (Wildman–Crippen LogP) is 2.73. The Bertz CT molecular complexity index is 795. The molecule has 1 fully saturated rings. The number of nitriles is 1. The summed E-state index contributed by atoms with van der Waals surface area (Å²) >= 11 is 0. The minimum atomic E-state index is -3.02. The van der Waals surface area contributed by atoms with E-state index in [0.717, 1.165) is 4.90 Å². The van der Waals surface area contributed by atoms with Crippen LogP contribution < -0.4 is 0 Å². The molecule has 1 aliphatic rings. The molecule has 1 atom stereocenters. The van der Waals surface area contributed by atoms with Crippen molar-refractivity contribution >= 4 is 5.91 Å². The molecule has 0 radical (unpaired) electrons. The van der Waals surface area contributed by atoms with E-state index in [1.807, 2.05) is 13.0 Å². The van der Waals surface area contributed by atoms with E-state index in [9.17, 15) is 13.6 Å². The van der Waals surface area contributed by atoms with Crippen LogP contribution in [0.5, 0.6) is 0 Å². The van der Waals surface area contributed by atoms with Gasteiger partial charge in [-0.3, -0.25) is 4.79 Å². The maximum absolute atomic E-state index is 13.9. The van der Waals surface area contributed by atoms with Crippen molar-refractivity contribution in [3.05, 3.63) is 47.1 Å². The summed E-state index contributed by atoms with van der Waals surface area (Å²) in [5, 5.41) is 12.5. The number of hydrogen-bond acceptors (Lipinski definition) is 5. The van der Waals surface area contributed by atoms with Crippen LogP contribution in [0.2, 0.25) is 0 Å². The third kappa shape index (κ3) is 2.97. The van der Waals surface area contributed by atoms with Crippen molar-refractivity contribution in [2.24, 2.45) is 0 Å². The number of amides is 1. The number of benzene rings is 1. The van der Waals surface area contributed by atoms with E-state index < -0.39 is 30.8 Å². The van der Waals surface area contributed by atoms with Gasteiger partial charge < -0.3 is 9.42 Å². The van der Waals surface area contributed by atoms with E-state index in [4.69, 9.17) is 9.78 Å². The maximum atomic E-state index is 13.9. The van der Waals surface area contributed by atoms with Crippen LogP contribution in [0, 0.1) is 11.3 Å². The molecule has 0 N–H and O–H groups in total. The smallest absolute Gasteiger partial charge is 0.267 e. The fourth-order valence-electron chi connectivity index (χ4n) is 2.65. The third-order valence-corrected chi connectivity index (χ3v) is 3.88. The summed E-state index contributed by atoms with van der Waals surface area (Å²) in [4.78, 5) is 17.7. The third-order valence-electron chi connectivity index (χ3n) is 3.88. The lowest BCUT2D eigenvalue weighted by Crippen LogP contribution is -2.33. The zero-order chi connectivity index (χ0) is 17.3. The molecule has 0 aliphatic carbocycles. The minimum Gasteiger partial charge on any atom is -0.337 e. The molecule has 3 rings (SSSR count). The van der Waals surface area contributed by atoms with Crippen molar-refractivity contribution in [3.8, 4) is 6.07 Å². The molecule has 8 heteroatoms. The number of rotatable bonds is 3. The zero-order valence-electron chi connectivity index (χ0n) is 12.9. The summed E-state index contributed by atoms with van der Waals surface area (Å²) in [6.07, 6.45) is -0.0451. The zero-order valence-corrected chi connectivity index (χ0v) is 12.9. The number of nitrogens with zero attached hydrogens (tertiary/aromatic N) is 4. The molecule has 1 saturated heterocycles. The largest absolute Gasteiger partial charge is 0.337 e. The van der Waals surface area contributed by atoms with E-state index in [1.165, 1.54) is 24.3 Å². The average molecular weight is 332 g/mol. The Labute approximate surface area is 136 Å². The summed E-state index contributed by atoms with van der Waals surface area (Å²) in [6.45, 7) is 1.11. The van der Waals surface area contributed by atoms with Crippen LogP contribution in [0.3, 0.4) is 0 Å². The minimum absolute atomic E-state index is 0.0195. The van der Waals surface area contributed by atoms with Gasteiger partial charge in [-0.25, -0.2) is 8.78 Å². The Hall–Kier alpha value is -2.82. The Morgan fingerprint density at radius 2 is 2.17 bits per heavy atom. The lowest BCUT2D eigenvalue weighted by molar-refractivity contribution is 0.0117. The van der Waals surface area contributed by atoms with Gasteiger partial charge in [0.15, 0.2) is 5.82 Å². The van der Waals surface area contributed by atoms with Gasteiger partial charge in [-0.15, -0.1) is 0 Å². The van der Waals surface area contributed by atoms with E-state index >= 15 is 0 Å². The number of aromatic nitrogens is 2. The fraction of sp³-hybridized carbons (Fsp3) is 0.375. The number of alkyl halides is 2. The first-order chi connectivity index (χ1) is 11.4. The van der Waals surface area contributed by atoms with Crippen LogP contribution in [0.15, 0.2) is 28.8 Å². The topological polar surface area (TPSA) is 83.0 Å². The lowest BCUT2D eigenvalue weighted by Gasteiger charge is -2.21. The summed E-state index contributed by atoms with van der Waals surface area (Å²) in [5.74, 6) is -3.15. The SMILES string of the molecule is CCc1noc([C@@H]2CC(F)(F)CN2C(=O)c2ccc(C#N)cc2)n1. The number of likely N-dealkylation sites (tertiary alicyclic amines) is 1. The predicted molar refractivity (Wildman–Crippen MR) is 78.2 cm³/mol. The molecule has 1 aliphatic heterocycles. The standard InChI is InChI=1S/C16H14F2N4O2/c1-2-13-20-14(24-21-13)12-7-16(17,18)9-22(12)15(23)11-5-3-10(8-19)4-6-11/h3-6,12H,2,7,9H2,1H3/t12-/m0/s1. The second-order valence-electron chi connectivity index (χ2n) is 5.60. The molecule has 0 spiro atoms. The normalized spacial score (nSPS) is 19.2. The van der Waals surface area contributed by atoms with Gasteiger partial charge in [0, 0.05) is 18.4 Å². The van der Waals surface area contributed by atoms with Crippen LogP contribution in [-0.4, -0.2) is 33.4 Å². The van der Waals surface area contributed by atoms with Gasteiger partial charge in [0.05, 0.1) is 18.2 Å². The Morgan fingerprint density at radius 3 is 2.75 bits per heavy atom. The van der Waals surface area contributed by atoms with E-state index in [2.05, 4.69) is 10.1 Å². The number of carbonyl (C=O) groups is 1. The summed E-state index contributed by atoms with van der Waals surface area (Å²) in [7, 11) is 0. The van der Waals surface area contributed by atoms with Crippen molar-refractivity contribution in [2.45, 2.75) is 31.7 Å². The summed E-state index contributed by atoms with van der Waals surface area (Å²) < 4.78 is 32.8. The Balaban J connectivity index is 1.90. The van der Waals surface area contributed by atoms with Gasteiger partial charge >= 0.3 is 0 Å². The number of aryl methyl sites for hydroxylation is 1. The van der Waals surface area contributed by atoms with Gasteiger partial charge in [-0.1, -0.05) is 12.1 Å². The molecule has 1 aromatic heterocycles. The molecule has 0 unspecified atom stereocenters. The van der Waals surface area contributed by atoms with E-state index in [1.54, 1.807) is 0 Å². The highest BCUT2D eigenvalue weighted by molar-refractivity contribution is 5.94. The molecule has 1 aromatic carbocycles. The van der Waals surface area contributed by atoms with Crippen molar-refractivity contribution in [1.29, 1.82) is 5.26 Å². The number of carbonyl (C=O) groups excluding carboxylic acids is 1. The van der Waals surface area contributed by atoms with Gasteiger partial charge in [0.25, 0.3) is 11.8 Å². The number of hydrogen-bond donors (Lipinski definition) is 0. The van der Waals surface area contributed by atoms with Crippen molar-refractivity contribution in [1.82, 2.24) is 15.0 Å². The Morgan fingerprint density at radius 1 is 1.46 bits per heavy atom. The van der Waals surface area contributed by atoms with E-state index in [-0.39, 0.29) is 11.5 Å². The molecular formula is C16H14F2N4O2. The molecule has 2 aromatic rings. The average Bonchev–Trinajstić information content (AvgIpc) is 3.18. The molecular weight excluding hydrogens is 318 g/mol. The van der Waals surface area contributed by atoms with Crippen LogP contribution in [0.1, 0.15) is 47.0 Å². The molecule has 1 amide bonds. The first kappa shape index (κ1) is 16.1. The van der Waals surface area contributed by atoms with Crippen LogP contribution in [0.25, 0.3) is 0 Å². The van der Waals surface area contributed by atoms with Crippen molar-refractivity contribution in [3.63, 3.8) is 0 Å². The quantitative estimate of drug-likeness (QED) is 0.863. The lowest BCUT2D eigenvalue weighted by atomic mass is 10.1. The molecule has 0 saturated carbocycles. The van der Waals surface area contributed by atoms with Gasteiger partial charge in [0.1, 0.15) is 6.04 Å². The van der Waals surface area contributed by atoms with Gasteiger partial charge in [-0.05, 0) is 24.3 Å². The summed E-state index contributed by atoms with van der Waals surface area (Å²) in [6, 6.07) is 6.81. The first-order valence-corrected chi connectivity index (χ1v) is 7.45. The highest BCUT2D eigenvalue weighted by Gasteiger charge is 2.49. The first-order valence-electron chi connectivity index (χ1n) is 7.45. The van der Waals surface area contributed by atoms with Crippen molar-refractivity contribution < 1.29 is 18.1 Å². The second-order valence-corrected chi connectivity index (χ2v) is 5.60. The summed E-state index contributed by atoms with van der Waals surface area (Å²) in [5.41, 5.74) is 0.617. The van der Waals surface area contributed by atoms with Crippen LogP contribution in [0.4, 0.5) is 8.78 Å². The molecule has 24 heavy (non-hydrogen) atoms. The fourth-order valence-corrected chi connectivity index (χ4v) is 2.65. The molecule has 124 valence electrons. The molecule has 0 bridgehead atoms. The van der Waals surface area contributed by atoms with Crippen molar-refractivity contribution in [2.75, 3.05) is 6.54 Å². The highest BCUT2D eigenvalue weighted by atomic mass is 19.3. The maximum Gasteiger partial charge on any atom is 0.267 e. The monoisotopic (exact) mass is 332 g/mol.